The number of carbonyl (C=O) groups excluding carboxylic acids is 2. The van der Waals surface area contributed by atoms with Crippen LogP contribution in [0.2, 0.25) is 10.0 Å². The fourth-order valence-electron chi connectivity index (χ4n) is 3.91. The summed E-state index contributed by atoms with van der Waals surface area (Å²) in [5.41, 5.74) is 1.36. The van der Waals surface area contributed by atoms with Gasteiger partial charge in [0.15, 0.2) is 0 Å². The molecule has 0 spiro atoms. The van der Waals surface area contributed by atoms with E-state index in [1.165, 1.54) is 36.2 Å². The summed E-state index contributed by atoms with van der Waals surface area (Å²) < 4.78 is 42.0. The van der Waals surface area contributed by atoms with E-state index in [0.29, 0.717) is 15.6 Å². The molecule has 0 radical (unpaired) electrons. The van der Waals surface area contributed by atoms with Gasteiger partial charge in [-0.2, -0.15) is 0 Å². The Balaban J connectivity index is 2.09. The second-order valence-electron chi connectivity index (χ2n) is 8.56. The molecule has 7 nitrogen and oxygen atoms in total. The lowest BCUT2D eigenvalue weighted by molar-refractivity contribution is -0.140. The molecule has 0 aliphatic heterocycles. The Hall–Kier alpha value is -3.14. The SMILES string of the molecule is CC[C@@H](C(=O)NC)N(Cc1c(Cl)cccc1Cl)C(=O)CN(c1ccc(F)cc1)S(=O)(=O)c1ccc(C)cc1. The summed E-state index contributed by atoms with van der Waals surface area (Å²) in [6, 6.07) is 14.9. The van der Waals surface area contributed by atoms with Crippen LogP contribution in [0.5, 0.6) is 0 Å². The van der Waals surface area contributed by atoms with Gasteiger partial charge in [0.1, 0.15) is 18.4 Å². The van der Waals surface area contributed by atoms with Crippen molar-refractivity contribution in [3.63, 3.8) is 0 Å². The first kappa shape index (κ1) is 29.4. The van der Waals surface area contributed by atoms with Crippen molar-refractivity contribution in [2.45, 2.75) is 37.8 Å². The molecule has 0 unspecified atom stereocenters. The molecule has 0 aromatic heterocycles. The molecule has 0 saturated carbocycles. The Kier molecular flexibility index (Phi) is 9.76. The van der Waals surface area contributed by atoms with Gasteiger partial charge in [0, 0.05) is 29.2 Å². The quantitative estimate of drug-likeness (QED) is 0.358. The molecule has 0 bridgehead atoms. The largest absolute Gasteiger partial charge is 0.357 e. The maximum atomic E-state index is 13.9. The summed E-state index contributed by atoms with van der Waals surface area (Å²) in [7, 11) is -2.80. The van der Waals surface area contributed by atoms with Crippen LogP contribution in [0.4, 0.5) is 10.1 Å². The first-order chi connectivity index (χ1) is 18.0. The van der Waals surface area contributed by atoms with Crippen molar-refractivity contribution in [1.82, 2.24) is 10.2 Å². The molecule has 1 atom stereocenters. The van der Waals surface area contributed by atoms with Gasteiger partial charge in [-0.25, -0.2) is 12.8 Å². The average molecular weight is 581 g/mol. The number of nitrogens with one attached hydrogen (secondary N) is 1. The van der Waals surface area contributed by atoms with Crippen LogP contribution >= 0.6 is 23.2 Å². The molecule has 3 aromatic carbocycles. The van der Waals surface area contributed by atoms with Gasteiger partial charge in [0.05, 0.1) is 10.6 Å². The van der Waals surface area contributed by atoms with Crippen LogP contribution in [-0.4, -0.2) is 44.8 Å². The van der Waals surface area contributed by atoms with E-state index >= 15 is 0 Å². The van der Waals surface area contributed by atoms with E-state index in [1.54, 1.807) is 37.3 Å². The standard InChI is InChI=1S/C27H28Cl2FN3O4S/c1-4-25(27(35)31-3)32(16-22-23(28)6-5-7-24(22)29)26(34)17-33(20-12-10-19(30)11-13-20)38(36,37)21-14-8-18(2)9-15-21/h5-15,25H,4,16-17H2,1-3H3,(H,31,35)/t25-/m0/s1. The average Bonchev–Trinajstić information content (AvgIpc) is 2.89. The summed E-state index contributed by atoms with van der Waals surface area (Å²) in [4.78, 5) is 27.8. The number of aryl methyl sites for hydroxylation is 1. The highest BCUT2D eigenvalue weighted by atomic mass is 35.5. The van der Waals surface area contributed by atoms with Crippen LogP contribution in [0.25, 0.3) is 0 Å². The summed E-state index contributed by atoms with van der Waals surface area (Å²) in [6.45, 7) is 2.76. The van der Waals surface area contributed by atoms with Gasteiger partial charge in [0.2, 0.25) is 11.8 Å². The van der Waals surface area contributed by atoms with Crippen molar-refractivity contribution in [2.24, 2.45) is 0 Å². The second kappa shape index (κ2) is 12.6. The summed E-state index contributed by atoms with van der Waals surface area (Å²) in [5, 5.41) is 3.14. The molecule has 11 heteroatoms. The van der Waals surface area contributed by atoms with E-state index in [1.807, 2.05) is 6.92 Å². The van der Waals surface area contributed by atoms with Gasteiger partial charge < -0.3 is 10.2 Å². The van der Waals surface area contributed by atoms with E-state index in [9.17, 15) is 22.4 Å². The van der Waals surface area contributed by atoms with Crippen molar-refractivity contribution in [3.8, 4) is 0 Å². The van der Waals surface area contributed by atoms with Gasteiger partial charge in [-0.05, 0) is 61.9 Å². The lowest BCUT2D eigenvalue weighted by Crippen LogP contribution is -2.51. The Labute approximate surface area is 232 Å². The highest BCUT2D eigenvalue weighted by Gasteiger charge is 2.34. The van der Waals surface area contributed by atoms with Crippen molar-refractivity contribution >= 4 is 50.7 Å². The number of amides is 2. The van der Waals surface area contributed by atoms with Crippen LogP contribution in [-0.2, 0) is 26.2 Å². The highest BCUT2D eigenvalue weighted by Crippen LogP contribution is 2.29. The number of benzene rings is 3. The van der Waals surface area contributed by atoms with E-state index in [0.717, 1.165) is 22.0 Å². The number of carbonyl (C=O) groups is 2. The van der Waals surface area contributed by atoms with Crippen LogP contribution in [0.3, 0.4) is 0 Å². The van der Waals surface area contributed by atoms with Crippen LogP contribution in [0.1, 0.15) is 24.5 Å². The van der Waals surface area contributed by atoms with Gasteiger partial charge >= 0.3 is 0 Å². The highest BCUT2D eigenvalue weighted by molar-refractivity contribution is 7.92. The van der Waals surface area contributed by atoms with Crippen LogP contribution in [0.15, 0.2) is 71.6 Å². The maximum absolute atomic E-state index is 13.9. The Morgan fingerprint density at radius 3 is 2.08 bits per heavy atom. The molecule has 38 heavy (non-hydrogen) atoms. The number of hydrogen-bond donors (Lipinski definition) is 1. The van der Waals surface area contributed by atoms with E-state index in [-0.39, 0.29) is 23.5 Å². The normalized spacial score (nSPS) is 12.1. The molecule has 0 saturated heterocycles. The maximum Gasteiger partial charge on any atom is 0.264 e. The van der Waals surface area contributed by atoms with E-state index in [4.69, 9.17) is 23.2 Å². The third-order valence-corrected chi connectivity index (χ3v) is 8.52. The monoisotopic (exact) mass is 579 g/mol. The third-order valence-electron chi connectivity index (χ3n) is 6.02. The van der Waals surface area contributed by atoms with Gasteiger partial charge in [-0.15, -0.1) is 0 Å². The Morgan fingerprint density at radius 1 is 0.974 bits per heavy atom. The predicted octanol–water partition coefficient (Wildman–Crippen LogP) is 5.19. The molecule has 0 aliphatic carbocycles. The number of anilines is 1. The molecular formula is C27H28Cl2FN3O4S. The van der Waals surface area contributed by atoms with E-state index in [2.05, 4.69) is 5.32 Å². The number of likely N-dealkylation sites (N-methyl/N-ethyl adjacent to an activating group) is 1. The van der Waals surface area contributed by atoms with Gasteiger partial charge in [0.25, 0.3) is 10.0 Å². The minimum Gasteiger partial charge on any atom is -0.357 e. The summed E-state index contributed by atoms with van der Waals surface area (Å²) >= 11 is 12.7. The van der Waals surface area contributed by atoms with Gasteiger partial charge in [-0.3, -0.25) is 13.9 Å². The fourth-order valence-corrected chi connectivity index (χ4v) is 5.84. The molecular weight excluding hydrogens is 552 g/mol. The first-order valence-electron chi connectivity index (χ1n) is 11.8. The minimum absolute atomic E-state index is 0.0423. The lowest BCUT2D eigenvalue weighted by atomic mass is 10.1. The van der Waals surface area contributed by atoms with E-state index < -0.39 is 40.2 Å². The molecule has 3 rings (SSSR count). The Bertz CT molecular complexity index is 1380. The van der Waals surface area contributed by atoms with Crippen molar-refractivity contribution < 1.29 is 22.4 Å². The topological polar surface area (TPSA) is 86.8 Å². The zero-order valence-electron chi connectivity index (χ0n) is 21.1. The lowest BCUT2D eigenvalue weighted by Gasteiger charge is -2.33. The third kappa shape index (κ3) is 6.64. The molecule has 0 fully saturated rings. The minimum atomic E-state index is -4.25. The number of rotatable bonds is 10. The second-order valence-corrected chi connectivity index (χ2v) is 11.2. The zero-order chi connectivity index (χ0) is 28.0. The summed E-state index contributed by atoms with van der Waals surface area (Å²) in [6.07, 6.45) is 0.245. The van der Waals surface area contributed by atoms with Crippen molar-refractivity contribution in [2.75, 3.05) is 17.9 Å². The number of hydrogen-bond acceptors (Lipinski definition) is 4. The first-order valence-corrected chi connectivity index (χ1v) is 14.0. The van der Waals surface area contributed by atoms with Crippen molar-refractivity contribution in [1.29, 1.82) is 0 Å². The van der Waals surface area contributed by atoms with Crippen LogP contribution in [0, 0.1) is 12.7 Å². The van der Waals surface area contributed by atoms with Crippen LogP contribution < -0.4 is 9.62 Å². The molecule has 1 N–H and O–H groups in total. The molecule has 3 aromatic rings. The zero-order valence-corrected chi connectivity index (χ0v) is 23.4. The fraction of sp³-hybridized carbons (Fsp3) is 0.259. The smallest absolute Gasteiger partial charge is 0.264 e. The molecule has 0 aliphatic rings. The number of halogens is 3. The Morgan fingerprint density at radius 2 is 1.55 bits per heavy atom. The van der Waals surface area contributed by atoms with Gasteiger partial charge in [-0.1, -0.05) is 53.9 Å². The van der Waals surface area contributed by atoms with Crippen molar-refractivity contribution in [3.05, 3.63) is 93.7 Å². The molecule has 202 valence electrons. The molecule has 2 amide bonds. The predicted molar refractivity (Wildman–Crippen MR) is 147 cm³/mol. The number of sulfonamides is 1. The number of nitrogens with zero attached hydrogens (tertiary/aromatic N) is 2. The summed E-state index contributed by atoms with van der Waals surface area (Å²) in [5.74, 6) is -1.66. The molecule has 0 heterocycles.